The number of ether oxygens (including phenoxy) is 2. The van der Waals surface area contributed by atoms with Crippen molar-refractivity contribution < 1.29 is 31.8 Å². The van der Waals surface area contributed by atoms with Crippen LogP contribution in [0.5, 0.6) is 5.75 Å². The first-order chi connectivity index (χ1) is 21.3. The second-order valence-electron chi connectivity index (χ2n) is 10.5. The molecule has 0 unspecified atom stereocenters. The molecule has 3 aromatic carbocycles. The zero-order valence-corrected chi connectivity index (χ0v) is 24.1. The van der Waals surface area contributed by atoms with Crippen molar-refractivity contribution in [1.82, 2.24) is 20.4 Å². The normalized spacial score (nSPS) is 14.5. The molecule has 1 aromatic heterocycles. The lowest BCUT2D eigenvalue weighted by atomic mass is 9.87. The summed E-state index contributed by atoms with van der Waals surface area (Å²) in [5.74, 6) is -0.0227. The predicted molar refractivity (Wildman–Crippen MR) is 161 cm³/mol. The Morgan fingerprint density at radius 2 is 1.68 bits per heavy atom. The summed E-state index contributed by atoms with van der Waals surface area (Å²) < 4.78 is 67.3. The van der Waals surface area contributed by atoms with Crippen molar-refractivity contribution in [1.29, 1.82) is 0 Å². The third-order valence-corrected chi connectivity index (χ3v) is 7.40. The van der Waals surface area contributed by atoms with Crippen molar-refractivity contribution in [3.63, 3.8) is 0 Å². The van der Waals surface area contributed by atoms with Crippen LogP contribution in [0.3, 0.4) is 0 Å². The van der Waals surface area contributed by atoms with Crippen LogP contribution in [0.1, 0.15) is 36.0 Å². The van der Waals surface area contributed by atoms with Crippen molar-refractivity contribution >= 4 is 28.0 Å². The van der Waals surface area contributed by atoms with Gasteiger partial charge in [-0.05, 0) is 65.1 Å². The maximum atomic E-state index is 14.4. The van der Waals surface area contributed by atoms with Crippen molar-refractivity contribution in [2.45, 2.75) is 25.4 Å². The molecular formula is C33H34F4N4O3. The summed E-state index contributed by atoms with van der Waals surface area (Å²) in [5.41, 5.74) is 2.26. The average Bonchev–Trinajstić information content (AvgIpc) is 3.41. The highest BCUT2D eigenvalue weighted by Crippen LogP contribution is 2.40. The number of halogens is 4. The number of benzene rings is 3. The molecule has 11 heteroatoms. The highest BCUT2D eigenvalue weighted by atomic mass is 19.4. The number of aromatic amines is 1. The molecule has 1 aliphatic heterocycles. The highest BCUT2D eigenvalue weighted by molar-refractivity contribution is 6.00. The van der Waals surface area contributed by atoms with Gasteiger partial charge in [-0.15, -0.1) is 5.10 Å². The van der Waals surface area contributed by atoms with Crippen molar-refractivity contribution in [2.24, 2.45) is 0 Å². The molecule has 0 atom stereocenters. The molecule has 0 aliphatic carbocycles. The van der Waals surface area contributed by atoms with E-state index in [0.717, 1.165) is 6.42 Å². The quantitative estimate of drug-likeness (QED) is 0.113. The minimum absolute atomic E-state index is 0.0753. The van der Waals surface area contributed by atoms with Gasteiger partial charge >= 0.3 is 6.18 Å². The summed E-state index contributed by atoms with van der Waals surface area (Å²) >= 11 is 0. The Labute approximate surface area is 252 Å². The maximum Gasteiger partial charge on any atom is 0.393 e. The van der Waals surface area contributed by atoms with E-state index in [1.54, 1.807) is 66.7 Å². The number of carbonyl (C=O) groups is 1. The molecule has 2 N–H and O–H groups in total. The van der Waals surface area contributed by atoms with E-state index >= 15 is 0 Å². The van der Waals surface area contributed by atoms with Gasteiger partial charge in [0, 0.05) is 26.1 Å². The van der Waals surface area contributed by atoms with Crippen molar-refractivity contribution in [3.8, 4) is 5.75 Å². The molecule has 44 heavy (non-hydrogen) atoms. The Balaban J connectivity index is 1.29. The fourth-order valence-corrected chi connectivity index (χ4v) is 5.25. The summed E-state index contributed by atoms with van der Waals surface area (Å²) in [7, 11) is 0. The van der Waals surface area contributed by atoms with Crippen LogP contribution in [0, 0.1) is 5.95 Å². The summed E-state index contributed by atoms with van der Waals surface area (Å²) in [6, 6.07) is 20.1. The molecule has 1 fully saturated rings. The number of allylic oxidation sites excluding steroid dienone is 1. The SMILES string of the molecule is O=C(CCCNCCOc1ccc(/C(=C(/CC(F)(F)F)c2ccccc2)c2ccc3[nH]nc(F)c3c2)cc1)N1CCOCC1. The molecule has 4 aromatic rings. The largest absolute Gasteiger partial charge is 0.492 e. The number of carbonyl (C=O) groups excluding carboxylic acids is 1. The molecule has 232 valence electrons. The smallest absolute Gasteiger partial charge is 0.393 e. The first kappa shape index (κ1) is 31.2. The molecule has 5 rings (SSSR count). The van der Waals surface area contributed by atoms with Gasteiger partial charge in [0.25, 0.3) is 0 Å². The monoisotopic (exact) mass is 610 g/mol. The highest BCUT2D eigenvalue weighted by Gasteiger charge is 2.31. The Hall–Kier alpha value is -4.22. The minimum atomic E-state index is -4.48. The molecule has 0 radical (unpaired) electrons. The van der Waals surface area contributed by atoms with Crippen molar-refractivity contribution in [2.75, 3.05) is 46.0 Å². The topological polar surface area (TPSA) is 79.5 Å². The van der Waals surface area contributed by atoms with E-state index in [9.17, 15) is 22.4 Å². The number of morpholine rings is 1. The summed E-state index contributed by atoms with van der Waals surface area (Å²) in [6.07, 6.45) is -4.45. The number of hydrogen-bond acceptors (Lipinski definition) is 5. The van der Waals surface area contributed by atoms with Crippen LogP contribution in [0.15, 0.2) is 72.8 Å². The average molecular weight is 611 g/mol. The van der Waals surface area contributed by atoms with Gasteiger partial charge in [0.2, 0.25) is 11.9 Å². The summed E-state index contributed by atoms with van der Waals surface area (Å²) in [6.45, 7) is 4.08. The van der Waals surface area contributed by atoms with E-state index in [1.807, 2.05) is 4.90 Å². The lowest BCUT2D eigenvalue weighted by Gasteiger charge is -2.26. The molecule has 0 bridgehead atoms. The van der Waals surface area contributed by atoms with Crippen LogP contribution in [-0.2, 0) is 9.53 Å². The van der Waals surface area contributed by atoms with Crippen LogP contribution in [0.25, 0.3) is 22.0 Å². The number of hydrogen-bond donors (Lipinski definition) is 2. The minimum Gasteiger partial charge on any atom is -0.492 e. The van der Waals surface area contributed by atoms with Gasteiger partial charge in [-0.1, -0.05) is 48.5 Å². The van der Waals surface area contributed by atoms with Gasteiger partial charge in [0.1, 0.15) is 12.4 Å². The number of H-pyrrole nitrogens is 1. The van der Waals surface area contributed by atoms with E-state index in [1.165, 1.54) is 6.07 Å². The zero-order valence-electron chi connectivity index (χ0n) is 24.1. The summed E-state index contributed by atoms with van der Waals surface area (Å²) in [5, 5.41) is 9.64. The van der Waals surface area contributed by atoms with Crippen molar-refractivity contribution in [3.05, 3.63) is 95.4 Å². The third-order valence-electron chi connectivity index (χ3n) is 7.40. The summed E-state index contributed by atoms with van der Waals surface area (Å²) in [4.78, 5) is 14.1. The number of alkyl halides is 3. The maximum absolute atomic E-state index is 14.4. The standard InChI is InChI=1S/C33H34F4N4O3/c34-32-27-21-25(10-13-29(27)39-40-32)31(28(22-33(35,36)37)23-5-2-1-3-6-23)24-8-11-26(12-9-24)44-18-15-38-14-4-7-30(42)41-16-19-43-20-17-41/h1-3,5-6,8-13,21,38H,4,7,14-20,22H2,(H,39,40)/b31-28+. The number of nitrogens with one attached hydrogen (secondary N) is 2. The number of fused-ring (bicyclic) bond motifs is 1. The molecule has 2 heterocycles. The van der Waals surface area contributed by atoms with Crippen LogP contribution < -0.4 is 10.1 Å². The van der Waals surface area contributed by atoms with E-state index in [0.29, 0.717) is 86.0 Å². The zero-order chi connectivity index (χ0) is 30.9. The van der Waals surface area contributed by atoms with Crippen LogP contribution in [0.2, 0.25) is 0 Å². The van der Waals surface area contributed by atoms with Crippen LogP contribution in [-0.4, -0.2) is 73.2 Å². The van der Waals surface area contributed by atoms with E-state index in [4.69, 9.17) is 9.47 Å². The second-order valence-corrected chi connectivity index (χ2v) is 10.5. The van der Waals surface area contributed by atoms with Gasteiger partial charge < -0.3 is 19.7 Å². The fraction of sp³-hybridized carbons (Fsp3) is 0.333. The third kappa shape index (κ3) is 8.23. The van der Waals surface area contributed by atoms with E-state index in [-0.39, 0.29) is 16.9 Å². The molecule has 0 saturated carbocycles. The van der Waals surface area contributed by atoms with Crippen LogP contribution >= 0.6 is 0 Å². The first-order valence-corrected chi connectivity index (χ1v) is 14.6. The molecule has 7 nitrogen and oxygen atoms in total. The fourth-order valence-electron chi connectivity index (χ4n) is 5.25. The molecule has 1 aliphatic rings. The van der Waals surface area contributed by atoms with Gasteiger partial charge in [0.05, 0.1) is 30.5 Å². The lowest BCUT2D eigenvalue weighted by molar-refractivity contribution is -0.135. The lowest BCUT2D eigenvalue weighted by Crippen LogP contribution is -2.40. The van der Waals surface area contributed by atoms with Crippen LogP contribution in [0.4, 0.5) is 17.6 Å². The Bertz CT molecular complexity index is 1560. The molecular weight excluding hydrogens is 576 g/mol. The number of nitrogens with zero attached hydrogens (tertiary/aromatic N) is 2. The number of amides is 1. The predicted octanol–water partition coefficient (Wildman–Crippen LogP) is 6.22. The Morgan fingerprint density at radius 3 is 2.41 bits per heavy atom. The second kappa shape index (κ2) is 14.5. The Kier molecular flexibility index (Phi) is 10.3. The van der Waals surface area contributed by atoms with Gasteiger partial charge in [-0.3, -0.25) is 9.89 Å². The Morgan fingerprint density at radius 1 is 0.955 bits per heavy atom. The van der Waals surface area contributed by atoms with Gasteiger partial charge in [0.15, 0.2) is 0 Å². The number of aromatic nitrogens is 2. The van der Waals surface area contributed by atoms with Gasteiger partial charge in [-0.2, -0.15) is 17.6 Å². The molecule has 0 spiro atoms. The number of rotatable bonds is 12. The van der Waals surface area contributed by atoms with E-state index < -0.39 is 18.5 Å². The molecule has 1 amide bonds. The molecule has 1 saturated heterocycles. The van der Waals surface area contributed by atoms with Gasteiger partial charge in [-0.25, -0.2) is 0 Å². The first-order valence-electron chi connectivity index (χ1n) is 14.6. The van der Waals surface area contributed by atoms with E-state index in [2.05, 4.69) is 15.5 Å².